The molecule has 27 heavy (non-hydrogen) atoms. The molecule has 0 unspecified atom stereocenters. The van der Waals surface area contributed by atoms with E-state index in [1.54, 1.807) is 7.11 Å². The maximum atomic E-state index is 12.0. The summed E-state index contributed by atoms with van der Waals surface area (Å²) in [5, 5.41) is 8.80. The van der Waals surface area contributed by atoms with E-state index in [0.717, 1.165) is 17.6 Å². The number of sulfone groups is 1. The van der Waals surface area contributed by atoms with Crippen LogP contribution in [0.2, 0.25) is 0 Å². The van der Waals surface area contributed by atoms with E-state index in [-0.39, 0.29) is 16.6 Å². The highest BCUT2D eigenvalue weighted by atomic mass is 32.2. The van der Waals surface area contributed by atoms with Crippen molar-refractivity contribution in [3.05, 3.63) is 41.7 Å². The number of imidazole rings is 1. The van der Waals surface area contributed by atoms with Crippen molar-refractivity contribution in [3.8, 4) is 11.8 Å². The average Bonchev–Trinajstić information content (AvgIpc) is 3.08. The summed E-state index contributed by atoms with van der Waals surface area (Å²) < 4.78 is 30.7. The number of anilines is 1. The molecule has 140 valence electrons. The van der Waals surface area contributed by atoms with Crippen molar-refractivity contribution in [1.29, 1.82) is 5.26 Å². The number of aromatic nitrogens is 4. The van der Waals surface area contributed by atoms with Gasteiger partial charge in [-0.15, -0.1) is 0 Å². The quantitative estimate of drug-likeness (QED) is 0.625. The molecule has 3 rings (SSSR count). The van der Waals surface area contributed by atoms with Crippen molar-refractivity contribution < 1.29 is 13.2 Å². The average molecular weight is 386 g/mol. The second kappa shape index (κ2) is 7.20. The van der Waals surface area contributed by atoms with Crippen molar-refractivity contribution in [2.24, 2.45) is 0 Å². The molecule has 0 aliphatic heterocycles. The third-order valence-corrected chi connectivity index (χ3v) is 4.78. The molecule has 0 saturated carbocycles. The summed E-state index contributed by atoms with van der Waals surface area (Å²) in [4.78, 5) is 14.2. The molecule has 0 spiro atoms. The second-order valence-electron chi connectivity index (χ2n) is 5.85. The van der Waals surface area contributed by atoms with Crippen LogP contribution >= 0.6 is 0 Å². The summed E-state index contributed by atoms with van der Waals surface area (Å²) in [5.41, 5.74) is 1.13. The molecule has 0 aliphatic carbocycles. The first-order valence-electron chi connectivity index (χ1n) is 8.11. The summed E-state index contributed by atoms with van der Waals surface area (Å²) in [7, 11) is -2.04. The van der Waals surface area contributed by atoms with Gasteiger partial charge in [-0.2, -0.15) is 20.2 Å². The van der Waals surface area contributed by atoms with Crippen LogP contribution in [0.25, 0.3) is 5.78 Å². The Bertz CT molecular complexity index is 1120. The van der Waals surface area contributed by atoms with Gasteiger partial charge in [-0.1, -0.05) is 12.1 Å². The van der Waals surface area contributed by atoms with Gasteiger partial charge in [0.25, 0.3) is 5.16 Å². The van der Waals surface area contributed by atoms with Crippen LogP contribution in [0, 0.1) is 11.3 Å². The predicted molar refractivity (Wildman–Crippen MR) is 98.3 cm³/mol. The Labute approximate surface area is 156 Å². The molecular weight excluding hydrogens is 368 g/mol. The van der Waals surface area contributed by atoms with Gasteiger partial charge < -0.3 is 9.64 Å². The fourth-order valence-corrected chi connectivity index (χ4v) is 3.06. The highest BCUT2D eigenvalue weighted by molar-refractivity contribution is 7.90. The zero-order valence-electron chi connectivity index (χ0n) is 15.1. The normalized spacial score (nSPS) is 11.3. The number of nitrogens with zero attached hydrogens (tertiary/aromatic N) is 6. The van der Waals surface area contributed by atoms with Crippen molar-refractivity contribution in [1.82, 2.24) is 19.4 Å². The van der Waals surface area contributed by atoms with Crippen LogP contribution < -0.4 is 9.64 Å². The van der Waals surface area contributed by atoms with E-state index in [1.165, 1.54) is 10.6 Å². The molecule has 0 fully saturated rings. The van der Waals surface area contributed by atoms with Gasteiger partial charge in [0.05, 0.1) is 13.3 Å². The van der Waals surface area contributed by atoms with E-state index in [1.807, 2.05) is 42.2 Å². The van der Waals surface area contributed by atoms with Gasteiger partial charge in [0.1, 0.15) is 11.8 Å². The number of benzene rings is 1. The molecular formula is C17H18N6O3S. The fraction of sp³-hybridized carbons (Fsp3) is 0.294. The fourth-order valence-electron chi connectivity index (χ4n) is 2.56. The third-order valence-electron chi connectivity index (χ3n) is 3.94. The van der Waals surface area contributed by atoms with Gasteiger partial charge in [0, 0.05) is 19.3 Å². The Morgan fingerprint density at radius 1 is 1.22 bits per heavy atom. The van der Waals surface area contributed by atoms with Crippen molar-refractivity contribution in [2.45, 2.75) is 18.6 Å². The van der Waals surface area contributed by atoms with E-state index in [4.69, 9.17) is 10.00 Å². The molecule has 3 aromatic rings. The topological polar surface area (TPSA) is 113 Å². The largest absolute Gasteiger partial charge is 0.497 e. The van der Waals surface area contributed by atoms with Crippen molar-refractivity contribution >= 4 is 21.6 Å². The zero-order chi connectivity index (χ0) is 19.6. The maximum absolute atomic E-state index is 12.0. The molecule has 0 aliphatic rings. The van der Waals surface area contributed by atoms with E-state index in [0.29, 0.717) is 19.0 Å². The number of methoxy groups -OCH3 is 1. The van der Waals surface area contributed by atoms with Gasteiger partial charge >= 0.3 is 0 Å². The number of fused-ring (bicyclic) bond motifs is 1. The first kappa shape index (κ1) is 18.6. The van der Waals surface area contributed by atoms with Gasteiger partial charge in [0.15, 0.2) is 5.69 Å². The van der Waals surface area contributed by atoms with Crippen molar-refractivity contribution in [2.75, 3.05) is 24.8 Å². The minimum absolute atomic E-state index is 0.116. The summed E-state index contributed by atoms with van der Waals surface area (Å²) in [6.45, 7) is 2.97. The minimum Gasteiger partial charge on any atom is -0.497 e. The molecule has 9 nitrogen and oxygen atoms in total. The molecule has 10 heteroatoms. The Balaban J connectivity index is 2.10. The van der Waals surface area contributed by atoms with Crippen LogP contribution in [-0.4, -0.2) is 47.7 Å². The van der Waals surface area contributed by atoms with Crippen LogP contribution in [-0.2, 0) is 16.4 Å². The van der Waals surface area contributed by atoms with Crippen LogP contribution in [0.1, 0.15) is 18.2 Å². The Morgan fingerprint density at radius 3 is 2.48 bits per heavy atom. The van der Waals surface area contributed by atoms with Gasteiger partial charge in [-0.3, -0.25) is 4.40 Å². The van der Waals surface area contributed by atoms with Crippen LogP contribution in [0.5, 0.6) is 5.75 Å². The first-order valence-corrected chi connectivity index (χ1v) is 10.00. The molecule has 1 aromatic carbocycles. The zero-order valence-corrected chi connectivity index (χ0v) is 15.9. The lowest BCUT2D eigenvalue weighted by Gasteiger charge is -2.23. The summed E-state index contributed by atoms with van der Waals surface area (Å²) in [5.74, 6) is 1.22. The summed E-state index contributed by atoms with van der Waals surface area (Å²) >= 11 is 0. The van der Waals surface area contributed by atoms with E-state index >= 15 is 0 Å². The van der Waals surface area contributed by atoms with Crippen LogP contribution in [0.15, 0.2) is 35.6 Å². The molecule has 0 atom stereocenters. The monoisotopic (exact) mass is 386 g/mol. The maximum Gasteiger partial charge on any atom is 0.253 e. The summed E-state index contributed by atoms with van der Waals surface area (Å²) in [6.07, 6.45) is 2.53. The Kier molecular flexibility index (Phi) is 4.96. The highest BCUT2D eigenvalue weighted by Crippen LogP contribution is 2.20. The number of hydrogen-bond donors (Lipinski definition) is 0. The minimum atomic E-state index is -3.64. The predicted octanol–water partition coefficient (Wildman–Crippen LogP) is 1.43. The van der Waals surface area contributed by atoms with Crippen molar-refractivity contribution in [3.63, 3.8) is 0 Å². The van der Waals surface area contributed by atoms with Crippen LogP contribution in [0.3, 0.4) is 0 Å². The molecule has 0 saturated heterocycles. The number of hydrogen-bond acceptors (Lipinski definition) is 8. The van der Waals surface area contributed by atoms with Crippen LogP contribution in [0.4, 0.5) is 5.95 Å². The lowest BCUT2D eigenvalue weighted by Crippen LogP contribution is -2.26. The molecule has 2 aromatic heterocycles. The van der Waals surface area contributed by atoms with E-state index in [2.05, 4.69) is 15.0 Å². The number of ether oxygens (including phenoxy) is 1. The van der Waals surface area contributed by atoms with E-state index < -0.39 is 9.84 Å². The first-order chi connectivity index (χ1) is 12.9. The Morgan fingerprint density at radius 2 is 1.93 bits per heavy atom. The van der Waals surface area contributed by atoms with Gasteiger partial charge in [-0.25, -0.2) is 8.42 Å². The highest BCUT2D eigenvalue weighted by Gasteiger charge is 2.20. The van der Waals surface area contributed by atoms with E-state index in [9.17, 15) is 8.42 Å². The lowest BCUT2D eigenvalue weighted by atomic mass is 10.2. The Hall–Kier alpha value is -3.19. The van der Waals surface area contributed by atoms with Gasteiger partial charge in [-0.05, 0) is 24.6 Å². The summed E-state index contributed by atoms with van der Waals surface area (Å²) in [6, 6.07) is 9.49. The van der Waals surface area contributed by atoms with Gasteiger partial charge in [0.2, 0.25) is 21.6 Å². The smallest absolute Gasteiger partial charge is 0.253 e. The number of nitriles is 1. The molecule has 2 heterocycles. The molecule has 0 bridgehead atoms. The molecule has 0 amide bonds. The lowest BCUT2D eigenvalue weighted by molar-refractivity contribution is 0.414. The molecule has 0 N–H and O–H groups in total. The molecule has 0 radical (unpaired) electrons. The number of rotatable bonds is 6. The standard InChI is InChI=1S/C17H18N6O3S/c1-4-22(10-12-5-7-14(26-2)8-6-12)17-21-16(27(3,24)25)20-15-19-13(9-18)11-23(15)17/h5-8,11H,4,10H2,1-3H3. The second-order valence-corrected chi connectivity index (χ2v) is 7.76. The SMILES string of the molecule is CCN(Cc1ccc(OC)cc1)c1nc(S(C)(=O)=O)nc2nc(C#N)cn12. The third kappa shape index (κ3) is 3.83.